The molecule has 0 saturated heterocycles. The van der Waals surface area contributed by atoms with E-state index in [0.717, 1.165) is 5.69 Å². The molecular weight excluding hydrogens is 262 g/mol. The predicted molar refractivity (Wildman–Crippen MR) is 86.1 cm³/mol. The van der Waals surface area contributed by atoms with Gasteiger partial charge in [0.2, 0.25) is 0 Å². The number of hydrogen-bond donors (Lipinski definition) is 2. The molecular formula is C13H23N3S2. The van der Waals surface area contributed by atoms with Crippen LogP contribution in [-0.2, 0) is 6.54 Å². The van der Waals surface area contributed by atoms with Crippen LogP contribution in [0, 0.1) is 0 Å². The minimum Gasteiger partial charge on any atom is -0.366 e. The van der Waals surface area contributed by atoms with Gasteiger partial charge in [-0.05, 0) is 31.8 Å². The summed E-state index contributed by atoms with van der Waals surface area (Å²) < 4.78 is 0.496. The fraction of sp³-hybridized carbons (Fsp3) is 0.538. The lowest BCUT2D eigenvalue weighted by Gasteiger charge is -2.13. The van der Waals surface area contributed by atoms with E-state index in [1.165, 1.54) is 19.6 Å². The number of aromatic nitrogens is 1. The highest BCUT2D eigenvalue weighted by Gasteiger charge is 1.91. The molecule has 0 amide bonds. The Balaban J connectivity index is 0.000000360. The van der Waals surface area contributed by atoms with Crippen molar-refractivity contribution in [3.8, 4) is 0 Å². The minimum atomic E-state index is 0.496. The van der Waals surface area contributed by atoms with Gasteiger partial charge in [-0.1, -0.05) is 39.1 Å². The molecule has 0 radical (unpaired) electrons. The summed E-state index contributed by atoms with van der Waals surface area (Å²) in [5.74, 6) is 0. The highest BCUT2D eigenvalue weighted by molar-refractivity contribution is 8.11. The van der Waals surface area contributed by atoms with Crippen molar-refractivity contribution in [2.75, 3.05) is 19.6 Å². The SMILES string of the molecule is CCN(CC)CC.S=C(S)NCc1ccccn1. The Labute approximate surface area is 121 Å². The number of thiocarbonyl (C=S) groups is 1. The van der Waals surface area contributed by atoms with Crippen LogP contribution >= 0.6 is 24.8 Å². The second-order valence-electron chi connectivity index (χ2n) is 3.60. The van der Waals surface area contributed by atoms with E-state index in [4.69, 9.17) is 12.2 Å². The largest absolute Gasteiger partial charge is 0.366 e. The Morgan fingerprint density at radius 1 is 1.28 bits per heavy atom. The summed E-state index contributed by atoms with van der Waals surface area (Å²) in [6.45, 7) is 10.8. The van der Waals surface area contributed by atoms with Crippen LogP contribution in [0.15, 0.2) is 24.4 Å². The van der Waals surface area contributed by atoms with E-state index in [0.29, 0.717) is 10.9 Å². The molecule has 0 aromatic carbocycles. The monoisotopic (exact) mass is 285 g/mol. The second-order valence-corrected chi connectivity index (χ2v) is 4.76. The number of pyridine rings is 1. The molecule has 0 bridgehead atoms. The molecule has 0 unspecified atom stereocenters. The normalized spacial score (nSPS) is 9.61. The lowest BCUT2D eigenvalue weighted by atomic mass is 10.3. The molecule has 0 fully saturated rings. The van der Waals surface area contributed by atoms with Gasteiger partial charge in [0.25, 0.3) is 0 Å². The number of hydrogen-bond acceptors (Lipinski definition) is 3. The van der Waals surface area contributed by atoms with Crippen molar-refractivity contribution in [3.05, 3.63) is 30.1 Å². The second kappa shape index (κ2) is 11.4. The van der Waals surface area contributed by atoms with E-state index in [9.17, 15) is 0 Å². The fourth-order valence-corrected chi connectivity index (χ4v) is 1.49. The van der Waals surface area contributed by atoms with Crippen LogP contribution in [0.25, 0.3) is 0 Å². The van der Waals surface area contributed by atoms with E-state index in [1.807, 2.05) is 18.2 Å². The van der Waals surface area contributed by atoms with Gasteiger partial charge in [-0.15, -0.1) is 12.6 Å². The van der Waals surface area contributed by atoms with Crippen molar-refractivity contribution in [1.29, 1.82) is 0 Å². The maximum Gasteiger partial charge on any atom is 0.130 e. The average molecular weight is 285 g/mol. The zero-order valence-electron chi connectivity index (χ0n) is 11.4. The molecule has 0 aliphatic heterocycles. The summed E-state index contributed by atoms with van der Waals surface area (Å²) in [7, 11) is 0. The summed E-state index contributed by atoms with van der Waals surface area (Å²) in [6.07, 6.45) is 1.75. The van der Waals surface area contributed by atoms with Crippen LogP contribution < -0.4 is 5.32 Å². The van der Waals surface area contributed by atoms with Gasteiger partial charge in [0.15, 0.2) is 0 Å². The maximum absolute atomic E-state index is 4.72. The van der Waals surface area contributed by atoms with E-state index in [1.54, 1.807) is 6.20 Å². The number of nitrogens with one attached hydrogen (secondary N) is 1. The third kappa shape index (κ3) is 9.39. The van der Waals surface area contributed by atoms with E-state index in [2.05, 4.69) is 48.6 Å². The zero-order chi connectivity index (χ0) is 13.8. The summed E-state index contributed by atoms with van der Waals surface area (Å²) in [6, 6.07) is 5.74. The summed E-state index contributed by atoms with van der Waals surface area (Å²) >= 11 is 8.64. The van der Waals surface area contributed by atoms with E-state index >= 15 is 0 Å². The van der Waals surface area contributed by atoms with Gasteiger partial charge in [0.1, 0.15) is 4.32 Å². The predicted octanol–water partition coefficient (Wildman–Crippen LogP) is 2.73. The quantitative estimate of drug-likeness (QED) is 0.643. The topological polar surface area (TPSA) is 28.2 Å². The van der Waals surface area contributed by atoms with Crippen molar-refractivity contribution in [3.63, 3.8) is 0 Å². The zero-order valence-corrected chi connectivity index (χ0v) is 13.1. The van der Waals surface area contributed by atoms with Crippen LogP contribution in [0.3, 0.4) is 0 Å². The lowest BCUT2D eigenvalue weighted by Crippen LogP contribution is -2.21. The van der Waals surface area contributed by atoms with Crippen molar-refractivity contribution >= 4 is 29.2 Å². The third-order valence-corrected chi connectivity index (χ3v) is 2.79. The first-order valence-electron chi connectivity index (χ1n) is 6.23. The molecule has 0 atom stereocenters. The molecule has 1 N–H and O–H groups in total. The molecule has 3 nitrogen and oxygen atoms in total. The fourth-order valence-electron chi connectivity index (χ4n) is 1.34. The number of rotatable bonds is 5. The summed E-state index contributed by atoms with van der Waals surface area (Å²) in [5.41, 5.74) is 0.962. The summed E-state index contributed by atoms with van der Waals surface area (Å²) in [4.78, 5) is 6.47. The molecule has 102 valence electrons. The third-order valence-electron chi connectivity index (χ3n) is 2.49. The van der Waals surface area contributed by atoms with Crippen LogP contribution in [0.1, 0.15) is 26.5 Å². The highest BCUT2D eigenvalue weighted by Crippen LogP contribution is 1.92. The Morgan fingerprint density at radius 3 is 2.22 bits per heavy atom. The van der Waals surface area contributed by atoms with Gasteiger partial charge in [0, 0.05) is 6.20 Å². The average Bonchev–Trinajstić information content (AvgIpc) is 2.40. The first kappa shape index (κ1) is 17.4. The van der Waals surface area contributed by atoms with Crippen molar-refractivity contribution < 1.29 is 0 Å². The highest BCUT2D eigenvalue weighted by atomic mass is 32.1. The first-order valence-corrected chi connectivity index (χ1v) is 7.08. The standard InChI is InChI=1S/C7H8N2S2.C6H15N/c10-7(11)9-5-6-3-1-2-4-8-6;1-4-7(5-2)6-3/h1-4H,5H2,(H2,9,10,11);4-6H2,1-3H3. The van der Waals surface area contributed by atoms with Crippen molar-refractivity contribution in [2.45, 2.75) is 27.3 Å². The van der Waals surface area contributed by atoms with Gasteiger partial charge < -0.3 is 10.2 Å². The van der Waals surface area contributed by atoms with Gasteiger partial charge >= 0.3 is 0 Å². The molecule has 0 aliphatic carbocycles. The molecule has 1 heterocycles. The molecule has 1 rings (SSSR count). The van der Waals surface area contributed by atoms with Crippen molar-refractivity contribution in [1.82, 2.24) is 15.2 Å². The first-order chi connectivity index (χ1) is 8.63. The maximum atomic E-state index is 4.72. The smallest absolute Gasteiger partial charge is 0.130 e. The van der Waals surface area contributed by atoms with E-state index in [-0.39, 0.29) is 0 Å². The Morgan fingerprint density at radius 2 is 1.89 bits per heavy atom. The Hall–Kier alpha value is -0.650. The Kier molecular flexibility index (Phi) is 11.0. The number of nitrogens with zero attached hydrogens (tertiary/aromatic N) is 2. The molecule has 1 aromatic rings. The molecule has 1 aromatic heterocycles. The van der Waals surface area contributed by atoms with Gasteiger partial charge in [-0.25, -0.2) is 0 Å². The van der Waals surface area contributed by atoms with Crippen LogP contribution in [0.2, 0.25) is 0 Å². The van der Waals surface area contributed by atoms with Gasteiger partial charge in [-0.3, -0.25) is 4.98 Å². The molecule has 0 spiro atoms. The minimum absolute atomic E-state index is 0.496. The van der Waals surface area contributed by atoms with Crippen LogP contribution in [0.4, 0.5) is 0 Å². The lowest BCUT2D eigenvalue weighted by molar-refractivity contribution is 0.321. The van der Waals surface area contributed by atoms with Crippen LogP contribution in [-0.4, -0.2) is 33.8 Å². The summed E-state index contributed by atoms with van der Waals surface area (Å²) in [5, 5.41) is 2.89. The van der Waals surface area contributed by atoms with Gasteiger partial charge in [0.05, 0.1) is 12.2 Å². The molecule has 0 saturated carbocycles. The van der Waals surface area contributed by atoms with E-state index < -0.39 is 0 Å². The van der Waals surface area contributed by atoms with Crippen molar-refractivity contribution in [2.24, 2.45) is 0 Å². The van der Waals surface area contributed by atoms with Gasteiger partial charge in [-0.2, -0.15) is 0 Å². The molecule has 18 heavy (non-hydrogen) atoms. The Bertz CT molecular complexity index is 308. The molecule has 5 heteroatoms. The number of thiol groups is 1. The molecule has 0 aliphatic rings. The van der Waals surface area contributed by atoms with Crippen LogP contribution in [0.5, 0.6) is 0 Å².